The summed E-state index contributed by atoms with van der Waals surface area (Å²) in [6.45, 7) is 6.28. The molecule has 0 bridgehead atoms. The lowest BCUT2D eigenvalue weighted by atomic mass is 9.77. The monoisotopic (exact) mass is 222 g/mol. The Morgan fingerprint density at radius 1 is 0.938 bits per heavy atom. The molecule has 0 radical (unpaired) electrons. The van der Waals surface area contributed by atoms with Gasteiger partial charge in [-0.25, -0.2) is 0 Å². The highest BCUT2D eigenvalue weighted by Crippen LogP contribution is 2.37. The zero-order valence-electron chi connectivity index (χ0n) is 10.6. The summed E-state index contributed by atoms with van der Waals surface area (Å²) in [6.07, 6.45) is 8.92. The number of likely N-dealkylation sites (tertiary alicyclic amines) is 1. The molecule has 0 aromatic carbocycles. The first-order chi connectivity index (χ1) is 7.86. The molecule has 2 saturated heterocycles. The van der Waals surface area contributed by atoms with Gasteiger partial charge in [0.1, 0.15) is 0 Å². The van der Waals surface area contributed by atoms with Crippen LogP contribution in [0.15, 0.2) is 0 Å². The molecule has 1 aliphatic carbocycles. The summed E-state index contributed by atoms with van der Waals surface area (Å²) < 4.78 is 0. The maximum atomic E-state index is 3.57. The van der Waals surface area contributed by atoms with E-state index in [1.165, 1.54) is 58.2 Å². The standard InChI is InChI=1S/C14H26N2/c1-11-9-15-10-14(11)16-8-4-6-12-5-2-3-7-13(12)16/h11-15H,2-10H2,1H3/t11?,12-,13-,14?/m1/s1. The van der Waals surface area contributed by atoms with E-state index in [0.29, 0.717) is 0 Å². The Hall–Kier alpha value is -0.0800. The fourth-order valence-electron chi connectivity index (χ4n) is 4.32. The van der Waals surface area contributed by atoms with Crippen LogP contribution in [0.25, 0.3) is 0 Å². The molecule has 0 amide bonds. The second-order valence-corrected chi connectivity index (χ2v) is 6.19. The van der Waals surface area contributed by atoms with Crippen molar-refractivity contribution in [2.45, 2.75) is 57.5 Å². The third-order valence-electron chi connectivity index (χ3n) is 5.19. The van der Waals surface area contributed by atoms with E-state index in [4.69, 9.17) is 0 Å². The number of nitrogens with one attached hydrogen (secondary N) is 1. The molecule has 92 valence electrons. The molecule has 2 unspecified atom stereocenters. The van der Waals surface area contributed by atoms with Crippen molar-refractivity contribution >= 4 is 0 Å². The summed E-state index contributed by atoms with van der Waals surface area (Å²) in [7, 11) is 0. The van der Waals surface area contributed by atoms with Crippen LogP contribution in [-0.4, -0.2) is 36.6 Å². The first-order valence-corrected chi connectivity index (χ1v) is 7.32. The van der Waals surface area contributed by atoms with Crippen LogP contribution in [0, 0.1) is 11.8 Å². The van der Waals surface area contributed by atoms with Gasteiger partial charge in [-0.05, 0) is 50.6 Å². The average Bonchev–Trinajstić information content (AvgIpc) is 2.75. The minimum absolute atomic E-state index is 0.839. The first-order valence-electron chi connectivity index (χ1n) is 7.32. The summed E-state index contributed by atoms with van der Waals surface area (Å²) in [6, 6.07) is 1.78. The maximum Gasteiger partial charge on any atom is 0.0261 e. The van der Waals surface area contributed by atoms with E-state index in [9.17, 15) is 0 Å². The third kappa shape index (κ3) is 1.91. The molecule has 16 heavy (non-hydrogen) atoms. The van der Waals surface area contributed by atoms with E-state index < -0.39 is 0 Å². The summed E-state index contributed by atoms with van der Waals surface area (Å²) in [5.41, 5.74) is 0. The Bertz CT molecular complexity index is 239. The predicted octanol–water partition coefficient (Wildman–Crippen LogP) is 2.25. The van der Waals surface area contributed by atoms with Crippen molar-refractivity contribution in [3.05, 3.63) is 0 Å². The summed E-state index contributed by atoms with van der Waals surface area (Å²) in [5, 5.41) is 3.57. The number of nitrogens with zero attached hydrogens (tertiary/aromatic N) is 1. The number of rotatable bonds is 1. The fraction of sp³-hybridized carbons (Fsp3) is 1.00. The van der Waals surface area contributed by atoms with Crippen molar-refractivity contribution in [3.8, 4) is 0 Å². The van der Waals surface area contributed by atoms with Gasteiger partial charge < -0.3 is 5.32 Å². The quantitative estimate of drug-likeness (QED) is 0.732. The molecule has 3 fully saturated rings. The Balaban J connectivity index is 1.72. The summed E-state index contributed by atoms with van der Waals surface area (Å²) in [5.74, 6) is 1.90. The second kappa shape index (κ2) is 4.66. The van der Waals surface area contributed by atoms with Gasteiger partial charge in [-0.1, -0.05) is 19.8 Å². The normalized spacial score (nSPS) is 45.6. The van der Waals surface area contributed by atoms with Crippen LogP contribution in [0.5, 0.6) is 0 Å². The van der Waals surface area contributed by atoms with Crippen LogP contribution in [0.4, 0.5) is 0 Å². The molecule has 3 aliphatic rings. The van der Waals surface area contributed by atoms with Gasteiger partial charge in [-0.3, -0.25) is 4.90 Å². The Labute approximate surface area is 99.8 Å². The second-order valence-electron chi connectivity index (χ2n) is 6.19. The fourth-order valence-corrected chi connectivity index (χ4v) is 4.32. The summed E-state index contributed by atoms with van der Waals surface area (Å²) >= 11 is 0. The highest BCUT2D eigenvalue weighted by Gasteiger charge is 2.39. The molecule has 0 aromatic heterocycles. The van der Waals surface area contributed by atoms with E-state index in [1.54, 1.807) is 0 Å². The van der Waals surface area contributed by atoms with Crippen LogP contribution in [0.3, 0.4) is 0 Å². The molecule has 0 aromatic rings. The Morgan fingerprint density at radius 2 is 1.75 bits per heavy atom. The van der Waals surface area contributed by atoms with E-state index >= 15 is 0 Å². The smallest absolute Gasteiger partial charge is 0.0261 e. The van der Waals surface area contributed by atoms with Gasteiger partial charge in [0.05, 0.1) is 0 Å². The van der Waals surface area contributed by atoms with Gasteiger partial charge in [0.15, 0.2) is 0 Å². The van der Waals surface area contributed by atoms with Crippen molar-refractivity contribution < 1.29 is 0 Å². The van der Waals surface area contributed by atoms with E-state index in [-0.39, 0.29) is 0 Å². The van der Waals surface area contributed by atoms with Crippen molar-refractivity contribution in [1.82, 2.24) is 10.2 Å². The molecule has 2 aliphatic heterocycles. The minimum atomic E-state index is 0.839. The predicted molar refractivity (Wildman–Crippen MR) is 67.5 cm³/mol. The van der Waals surface area contributed by atoms with Crippen molar-refractivity contribution in [1.29, 1.82) is 0 Å². The summed E-state index contributed by atoms with van der Waals surface area (Å²) in [4.78, 5) is 2.89. The molecule has 0 spiro atoms. The number of hydrogen-bond donors (Lipinski definition) is 1. The van der Waals surface area contributed by atoms with Crippen LogP contribution >= 0.6 is 0 Å². The Kier molecular flexibility index (Phi) is 3.21. The molecular formula is C14H26N2. The highest BCUT2D eigenvalue weighted by molar-refractivity contribution is 4.95. The molecule has 3 rings (SSSR count). The molecular weight excluding hydrogens is 196 g/mol. The molecule has 2 heteroatoms. The third-order valence-corrected chi connectivity index (χ3v) is 5.19. The SMILES string of the molecule is CC1CNCC1N1CCC[C@H]2CCCC[C@H]21. The molecule has 1 N–H and O–H groups in total. The van der Waals surface area contributed by atoms with Crippen molar-refractivity contribution in [2.75, 3.05) is 19.6 Å². The average molecular weight is 222 g/mol. The van der Waals surface area contributed by atoms with E-state index in [2.05, 4.69) is 17.1 Å². The van der Waals surface area contributed by atoms with Gasteiger partial charge in [-0.2, -0.15) is 0 Å². The van der Waals surface area contributed by atoms with Gasteiger partial charge in [0.2, 0.25) is 0 Å². The zero-order chi connectivity index (χ0) is 11.0. The van der Waals surface area contributed by atoms with Crippen LogP contribution in [0.2, 0.25) is 0 Å². The van der Waals surface area contributed by atoms with Crippen molar-refractivity contribution in [3.63, 3.8) is 0 Å². The minimum Gasteiger partial charge on any atom is -0.315 e. The van der Waals surface area contributed by atoms with Crippen LogP contribution in [0.1, 0.15) is 45.4 Å². The number of piperidine rings is 1. The molecule has 2 nitrogen and oxygen atoms in total. The van der Waals surface area contributed by atoms with Gasteiger partial charge in [-0.15, -0.1) is 0 Å². The highest BCUT2D eigenvalue weighted by atomic mass is 15.2. The van der Waals surface area contributed by atoms with E-state index in [0.717, 1.165) is 23.9 Å². The Morgan fingerprint density at radius 3 is 2.56 bits per heavy atom. The van der Waals surface area contributed by atoms with Crippen LogP contribution < -0.4 is 5.32 Å². The largest absolute Gasteiger partial charge is 0.315 e. The first kappa shape index (κ1) is 11.0. The lowest BCUT2D eigenvalue weighted by molar-refractivity contribution is 0.0202. The van der Waals surface area contributed by atoms with E-state index in [1.807, 2.05) is 0 Å². The number of fused-ring (bicyclic) bond motifs is 1. The van der Waals surface area contributed by atoms with Gasteiger partial charge in [0, 0.05) is 18.6 Å². The number of hydrogen-bond acceptors (Lipinski definition) is 2. The zero-order valence-corrected chi connectivity index (χ0v) is 10.6. The topological polar surface area (TPSA) is 15.3 Å². The van der Waals surface area contributed by atoms with Gasteiger partial charge >= 0.3 is 0 Å². The molecule has 1 saturated carbocycles. The molecule has 4 atom stereocenters. The lowest BCUT2D eigenvalue weighted by Gasteiger charge is -2.47. The molecule has 2 heterocycles. The van der Waals surface area contributed by atoms with Crippen LogP contribution in [-0.2, 0) is 0 Å². The lowest BCUT2D eigenvalue weighted by Crippen LogP contribution is -2.53. The van der Waals surface area contributed by atoms with Crippen molar-refractivity contribution in [2.24, 2.45) is 11.8 Å². The maximum absolute atomic E-state index is 3.57. The van der Waals surface area contributed by atoms with Gasteiger partial charge in [0.25, 0.3) is 0 Å².